The van der Waals surface area contributed by atoms with Gasteiger partial charge in [0.05, 0.1) is 17.0 Å². The van der Waals surface area contributed by atoms with Gasteiger partial charge in [0.2, 0.25) is 10.0 Å². The van der Waals surface area contributed by atoms with Crippen LogP contribution in [0.5, 0.6) is 11.5 Å². The molecule has 138 valence electrons. The summed E-state index contributed by atoms with van der Waals surface area (Å²) in [5.41, 5.74) is 1.30. The highest BCUT2D eigenvalue weighted by atomic mass is 35.5. The van der Waals surface area contributed by atoms with E-state index in [1.165, 1.54) is 18.2 Å². The Balaban J connectivity index is 1.69. The van der Waals surface area contributed by atoms with E-state index in [0.717, 1.165) is 11.8 Å². The van der Waals surface area contributed by atoms with Crippen molar-refractivity contribution in [3.05, 3.63) is 52.5 Å². The number of rotatable bonds is 5. The van der Waals surface area contributed by atoms with Gasteiger partial charge in [-0.2, -0.15) is 0 Å². The highest BCUT2D eigenvalue weighted by Gasteiger charge is 2.14. The second-order valence-corrected chi connectivity index (χ2v) is 7.89. The van der Waals surface area contributed by atoms with Gasteiger partial charge in [-0.15, -0.1) is 0 Å². The molecule has 1 aliphatic rings. The van der Waals surface area contributed by atoms with Crippen LogP contribution in [-0.2, 0) is 16.6 Å². The number of sulfonamides is 1. The highest BCUT2D eigenvalue weighted by molar-refractivity contribution is 7.92. The molecule has 2 N–H and O–H groups in total. The molecule has 0 saturated heterocycles. The number of halogens is 1. The van der Waals surface area contributed by atoms with E-state index in [2.05, 4.69) is 10.0 Å². The smallest absolute Gasteiger partial charge is 0.251 e. The molecule has 7 nitrogen and oxygen atoms in total. The predicted molar refractivity (Wildman–Crippen MR) is 98.5 cm³/mol. The monoisotopic (exact) mass is 396 g/mol. The fourth-order valence-corrected chi connectivity index (χ4v) is 3.22. The Kier molecular flexibility index (Phi) is 5.24. The van der Waals surface area contributed by atoms with Gasteiger partial charge in [0.1, 0.15) is 13.2 Å². The van der Waals surface area contributed by atoms with Crippen molar-refractivity contribution in [3.8, 4) is 11.5 Å². The SMILES string of the molecule is CS(=O)(=O)Nc1cc(C(=O)NCc2ccc3c(c2)OCCO3)ccc1Cl. The van der Waals surface area contributed by atoms with Crippen molar-refractivity contribution in [2.75, 3.05) is 24.2 Å². The Morgan fingerprint density at radius 1 is 1.12 bits per heavy atom. The number of carbonyl (C=O) groups is 1. The van der Waals surface area contributed by atoms with Crippen LogP contribution >= 0.6 is 11.6 Å². The molecular formula is C17H17ClN2O5S. The summed E-state index contributed by atoms with van der Waals surface area (Å²) in [6, 6.07) is 9.83. The number of anilines is 1. The number of hydrogen-bond acceptors (Lipinski definition) is 5. The van der Waals surface area contributed by atoms with Crippen LogP contribution in [-0.4, -0.2) is 33.8 Å². The maximum absolute atomic E-state index is 12.3. The van der Waals surface area contributed by atoms with Crippen LogP contribution in [0.1, 0.15) is 15.9 Å². The average molecular weight is 397 g/mol. The molecule has 1 aliphatic heterocycles. The van der Waals surface area contributed by atoms with E-state index < -0.39 is 10.0 Å². The first-order valence-electron chi connectivity index (χ1n) is 7.76. The van der Waals surface area contributed by atoms with Crippen molar-refractivity contribution >= 4 is 33.2 Å². The molecule has 0 bridgehead atoms. The molecule has 2 aromatic carbocycles. The number of nitrogens with one attached hydrogen (secondary N) is 2. The number of carbonyl (C=O) groups excluding carboxylic acids is 1. The van der Waals surface area contributed by atoms with Gasteiger partial charge in [0.25, 0.3) is 5.91 Å². The van der Waals surface area contributed by atoms with Crippen LogP contribution in [0.2, 0.25) is 5.02 Å². The summed E-state index contributed by atoms with van der Waals surface area (Å²) in [4.78, 5) is 12.3. The average Bonchev–Trinajstić information content (AvgIpc) is 2.60. The zero-order chi connectivity index (χ0) is 18.7. The quantitative estimate of drug-likeness (QED) is 0.809. The van der Waals surface area contributed by atoms with Gasteiger partial charge in [-0.1, -0.05) is 17.7 Å². The first-order valence-corrected chi connectivity index (χ1v) is 10.0. The fourth-order valence-electron chi connectivity index (χ4n) is 2.43. The summed E-state index contributed by atoms with van der Waals surface area (Å²) >= 11 is 5.96. The minimum atomic E-state index is -3.50. The number of benzene rings is 2. The lowest BCUT2D eigenvalue weighted by molar-refractivity contribution is 0.0951. The van der Waals surface area contributed by atoms with Crippen molar-refractivity contribution in [1.82, 2.24) is 5.32 Å². The predicted octanol–water partition coefficient (Wildman–Crippen LogP) is 2.41. The molecule has 0 atom stereocenters. The van der Waals surface area contributed by atoms with E-state index >= 15 is 0 Å². The van der Waals surface area contributed by atoms with E-state index in [1.54, 1.807) is 6.07 Å². The zero-order valence-corrected chi connectivity index (χ0v) is 15.5. The van der Waals surface area contributed by atoms with Gasteiger partial charge in [0, 0.05) is 12.1 Å². The summed E-state index contributed by atoms with van der Waals surface area (Å²) in [6.45, 7) is 1.29. The third-order valence-electron chi connectivity index (χ3n) is 3.58. The highest BCUT2D eigenvalue weighted by Crippen LogP contribution is 2.30. The summed E-state index contributed by atoms with van der Waals surface area (Å²) in [5.74, 6) is 0.975. The van der Waals surface area contributed by atoms with E-state index in [4.69, 9.17) is 21.1 Å². The molecule has 3 rings (SSSR count). The number of amides is 1. The van der Waals surface area contributed by atoms with E-state index in [0.29, 0.717) is 24.7 Å². The third kappa shape index (κ3) is 4.59. The number of ether oxygens (including phenoxy) is 2. The normalized spacial score (nSPS) is 13.2. The number of fused-ring (bicyclic) bond motifs is 1. The first-order chi connectivity index (χ1) is 12.3. The molecule has 0 unspecified atom stereocenters. The van der Waals surface area contributed by atoms with Crippen LogP contribution in [0.25, 0.3) is 0 Å². The molecule has 2 aromatic rings. The molecule has 1 heterocycles. The van der Waals surface area contributed by atoms with Crippen LogP contribution in [0.15, 0.2) is 36.4 Å². The lowest BCUT2D eigenvalue weighted by Crippen LogP contribution is -2.23. The van der Waals surface area contributed by atoms with Crippen molar-refractivity contribution in [3.63, 3.8) is 0 Å². The minimum absolute atomic E-state index is 0.154. The van der Waals surface area contributed by atoms with Crippen LogP contribution in [0.3, 0.4) is 0 Å². The molecule has 0 saturated carbocycles. The van der Waals surface area contributed by atoms with Crippen molar-refractivity contribution in [2.45, 2.75) is 6.54 Å². The fraction of sp³-hybridized carbons (Fsp3) is 0.235. The molecule has 26 heavy (non-hydrogen) atoms. The Morgan fingerprint density at radius 3 is 2.58 bits per heavy atom. The standard InChI is InChI=1S/C17H17ClN2O5S/c1-26(22,23)20-14-9-12(3-4-13(14)18)17(21)19-10-11-2-5-15-16(8-11)25-7-6-24-15/h2-5,8-9,20H,6-7,10H2,1H3,(H,19,21). The van der Waals surface area contributed by atoms with E-state index in [1.807, 2.05) is 12.1 Å². The number of hydrogen-bond donors (Lipinski definition) is 2. The summed E-state index contributed by atoms with van der Waals surface area (Å²) < 4.78 is 36.0. The maximum Gasteiger partial charge on any atom is 0.251 e. The first kappa shape index (κ1) is 18.3. The molecule has 0 fully saturated rings. The summed E-state index contributed by atoms with van der Waals surface area (Å²) in [5, 5.41) is 2.98. The minimum Gasteiger partial charge on any atom is -0.486 e. The largest absolute Gasteiger partial charge is 0.486 e. The van der Waals surface area contributed by atoms with Crippen molar-refractivity contribution in [1.29, 1.82) is 0 Å². The summed E-state index contributed by atoms with van der Waals surface area (Å²) in [6.07, 6.45) is 1.01. The Labute approximate surface area is 156 Å². The molecule has 1 amide bonds. The maximum atomic E-state index is 12.3. The molecule has 9 heteroatoms. The van der Waals surface area contributed by atoms with Gasteiger partial charge in [-0.3, -0.25) is 9.52 Å². The molecule has 0 spiro atoms. The van der Waals surface area contributed by atoms with Gasteiger partial charge < -0.3 is 14.8 Å². The molecule has 0 aliphatic carbocycles. The van der Waals surface area contributed by atoms with Gasteiger partial charge in [0.15, 0.2) is 11.5 Å². The Morgan fingerprint density at radius 2 is 1.85 bits per heavy atom. The van der Waals surface area contributed by atoms with Crippen LogP contribution in [0, 0.1) is 0 Å². The van der Waals surface area contributed by atoms with E-state index in [-0.39, 0.29) is 28.7 Å². The second-order valence-electron chi connectivity index (χ2n) is 5.73. The van der Waals surface area contributed by atoms with Crippen LogP contribution < -0.4 is 19.5 Å². The third-order valence-corrected chi connectivity index (χ3v) is 4.50. The van der Waals surface area contributed by atoms with Gasteiger partial charge in [-0.05, 0) is 35.9 Å². The van der Waals surface area contributed by atoms with Gasteiger partial charge >= 0.3 is 0 Å². The zero-order valence-electron chi connectivity index (χ0n) is 13.9. The summed E-state index contributed by atoms with van der Waals surface area (Å²) in [7, 11) is -3.50. The Hall–Kier alpha value is -2.45. The second kappa shape index (κ2) is 7.43. The Bertz CT molecular complexity index is 946. The molecule has 0 radical (unpaired) electrons. The lowest BCUT2D eigenvalue weighted by Gasteiger charge is -2.19. The van der Waals surface area contributed by atoms with E-state index in [9.17, 15) is 13.2 Å². The van der Waals surface area contributed by atoms with Gasteiger partial charge in [-0.25, -0.2) is 8.42 Å². The lowest BCUT2D eigenvalue weighted by atomic mass is 10.1. The topological polar surface area (TPSA) is 93.7 Å². The molecule has 0 aromatic heterocycles. The van der Waals surface area contributed by atoms with Crippen molar-refractivity contribution in [2.24, 2.45) is 0 Å². The van der Waals surface area contributed by atoms with Crippen molar-refractivity contribution < 1.29 is 22.7 Å². The molecular weight excluding hydrogens is 380 g/mol. The van der Waals surface area contributed by atoms with Crippen LogP contribution in [0.4, 0.5) is 5.69 Å².